The molecule has 1 fully saturated rings. The van der Waals surface area contributed by atoms with E-state index in [2.05, 4.69) is 10.6 Å². The fourth-order valence-electron chi connectivity index (χ4n) is 2.41. The van der Waals surface area contributed by atoms with Crippen LogP contribution in [0.5, 0.6) is 11.5 Å². The van der Waals surface area contributed by atoms with Crippen molar-refractivity contribution >= 4 is 6.03 Å². The van der Waals surface area contributed by atoms with E-state index in [9.17, 15) is 9.90 Å². The molecule has 1 saturated heterocycles. The standard InChI is InChI=1S/C16H24N2O5/c1-21-13-4-3-12(9-14(13)22-2)10-17-15(19)18-11-16(20)5-7-23-8-6-16/h3-4,9,20H,5-8,10-11H2,1-2H3,(H2,17,18,19). The highest BCUT2D eigenvalue weighted by Gasteiger charge is 2.30. The van der Waals surface area contributed by atoms with Crippen LogP contribution in [0, 0.1) is 0 Å². The summed E-state index contributed by atoms with van der Waals surface area (Å²) in [5.74, 6) is 1.26. The van der Waals surface area contributed by atoms with Gasteiger partial charge in [-0.3, -0.25) is 0 Å². The quantitative estimate of drug-likeness (QED) is 0.728. The number of urea groups is 1. The first-order valence-electron chi connectivity index (χ1n) is 7.59. The fourth-order valence-corrected chi connectivity index (χ4v) is 2.41. The number of ether oxygens (including phenoxy) is 3. The Bertz CT molecular complexity index is 529. The zero-order valence-electron chi connectivity index (χ0n) is 13.6. The molecule has 1 aromatic rings. The van der Waals surface area contributed by atoms with Crippen LogP contribution in [-0.4, -0.2) is 50.7 Å². The number of carbonyl (C=O) groups is 1. The van der Waals surface area contributed by atoms with Crippen LogP contribution in [0.25, 0.3) is 0 Å². The number of rotatable bonds is 6. The molecule has 1 heterocycles. The Morgan fingerprint density at radius 2 is 1.91 bits per heavy atom. The van der Waals surface area contributed by atoms with Gasteiger partial charge < -0.3 is 30.0 Å². The van der Waals surface area contributed by atoms with Gasteiger partial charge in [-0.15, -0.1) is 0 Å². The minimum Gasteiger partial charge on any atom is -0.493 e. The van der Waals surface area contributed by atoms with Crippen LogP contribution in [0.4, 0.5) is 4.79 Å². The summed E-state index contributed by atoms with van der Waals surface area (Å²) in [6.07, 6.45) is 1.06. The molecule has 0 spiro atoms. The minimum atomic E-state index is -0.876. The second-order valence-electron chi connectivity index (χ2n) is 5.56. The maximum atomic E-state index is 11.9. The Kier molecular flexibility index (Phi) is 6.06. The van der Waals surface area contributed by atoms with Crippen LogP contribution in [0.3, 0.4) is 0 Å². The van der Waals surface area contributed by atoms with Crippen molar-refractivity contribution in [2.24, 2.45) is 0 Å². The minimum absolute atomic E-state index is 0.216. The molecule has 0 aromatic heterocycles. The number of hydrogen-bond acceptors (Lipinski definition) is 5. The average molecular weight is 324 g/mol. The smallest absolute Gasteiger partial charge is 0.315 e. The molecule has 1 aliphatic heterocycles. The SMILES string of the molecule is COc1ccc(CNC(=O)NCC2(O)CCOCC2)cc1OC. The predicted octanol–water partition coefficient (Wildman–Crippen LogP) is 1.04. The van der Waals surface area contributed by atoms with E-state index in [1.165, 1.54) is 0 Å². The van der Waals surface area contributed by atoms with Crippen LogP contribution in [0.1, 0.15) is 18.4 Å². The van der Waals surface area contributed by atoms with Crippen molar-refractivity contribution in [3.05, 3.63) is 23.8 Å². The molecule has 0 aliphatic carbocycles. The number of nitrogens with one attached hydrogen (secondary N) is 2. The Morgan fingerprint density at radius 3 is 2.57 bits per heavy atom. The first kappa shape index (κ1) is 17.4. The topological polar surface area (TPSA) is 89.1 Å². The van der Waals surface area contributed by atoms with E-state index in [1.54, 1.807) is 20.3 Å². The second-order valence-corrected chi connectivity index (χ2v) is 5.56. The molecular formula is C16H24N2O5. The van der Waals surface area contributed by atoms with E-state index in [-0.39, 0.29) is 12.6 Å². The van der Waals surface area contributed by atoms with Gasteiger partial charge in [0.1, 0.15) is 0 Å². The van der Waals surface area contributed by atoms with E-state index in [1.807, 2.05) is 12.1 Å². The molecule has 1 aliphatic rings. The zero-order valence-corrected chi connectivity index (χ0v) is 13.6. The van der Waals surface area contributed by atoms with Crippen molar-refractivity contribution in [2.75, 3.05) is 34.0 Å². The second kappa shape index (κ2) is 8.03. The summed E-state index contributed by atoms with van der Waals surface area (Å²) in [6, 6.07) is 5.14. The highest BCUT2D eigenvalue weighted by atomic mass is 16.5. The highest BCUT2D eigenvalue weighted by molar-refractivity contribution is 5.73. The Labute approximate surface area is 135 Å². The summed E-state index contributed by atoms with van der Waals surface area (Å²) in [6.45, 7) is 1.61. The lowest BCUT2D eigenvalue weighted by Gasteiger charge is -2.32. The Balaban J connectivity index is 1.80. The van der Waals surface area contributed by atoms with Crippen LogP contribution >= 0.6 is 0 Å². The van der Waals surface area contributed by atoms with E-state index in [0.717, 1.165) is 5.56 Å². The van der Waals surface area contributed by atoms with Crippen molar-refractivity contribution < 1.29 is 24.1 Å². The number of benzene rings is 1. The number of hydrogen-bond donors (Lipinski definition) is 3. The molecule has 0 radical (unpaired) electrons. The van der Waals surface area contributed by atoms with Crippen LogP contribution in [0.2, 0.25) is 0 Å². The summed E-state index contributed by atoms with van der Waals surface area (Å²) in [7, 11) is 3.14. The maximum absolute atomic E-state index is 11.9. The molecule has 0 atom stereocenters. The molecule has 7 nitrogen and oxygen atoms in total. The lowest BCUT2D eigenvalue weighted by molar-refractivity contribution is -0.0600. The van der Waals surface area contributed by atoms with Gasteiger partial charge in [-0.2, -0.15) is 0 Å². The van der Waals surface area contributed by atoms with Gasteiger partial charge >= 0.3 is 6.03 Å². The number of carbonyl (C=O) groups excluding carboxylic acids is 1. The van der Waals surface area contributed by atoms with E-state index >= 15 is 0 Å². The van der Waals surface area contributed by atoms with Crippen molar-refractivity contribution in [1.82, 2.24) is 10.6 Å². The Hall–Kier alpha value is -1.99. The largest absolute Gasteiger partial charge is 0.493 e. The van der Waals surface area contributed by atoms with Crippen molar-refractivity contribution in [1.29, 1.82) is 0 Å². The molecule has 3 N–H and O–H groups in total. The molecular weight excluding hydrogens is 300 g/mol. The monoisotopic (exact) mass is 324 g/mol. The van der Waals surface area contributed by atoms with Crippen LogP contribution in [0.15, 0.2) is 18.2 Å². The molecule has 2 rings (SSSR count). The zero-order chi connectivity index (χ0) is 16.7. The molecule has 2 amide bonds. The third-order valence-corrected chi connectivity index (χ3v) is 3.90. The third-order valence-electron chi connectivity index (χ3n) is 3.90. The third kappa shape index (κ3) is 5.01. The van der Waals surface area contributed by atoms with Crippen molar-refractivity contribution in [2.45, 2.75) is 25.0 Å². The molecule has 7 heteroatoms. The van der Waals surface area contributed by atoms with Crippen LogP contribution < -0.4 is 20.1 Å². The van der Waals surface area contributed by atoms with Gasteiger partial charge in [-0.1, -0.05) is 6.07 Å². The van der Waals surface area contributed by atoms with E-state index in [0.29, 0.717) is 44.1 Å². The van der Waals surface area contributed by atoms with Gasteiger partial charge in [0.2, 0.25) is 0 Å². The number of methoxy groups -OCH3 is 2. The molecule has 1 aromatic carbocycles. The lowest BCUT2D eigenvalue weighted by atomic mass is 9.94. The van der Waals surface area contributed by atoms with Gasteiger partial charge in [0.15, 0.2) is 11.5 Å². The van der Waals surface area contributed by atoms with Gasteiger partial charge in [0.25, 0.3) is 0 Å². The molecule has 23 heavy (non-hydrogen) atoms. The van der Waals surface area contributed by atoms with E-state index in [4.69, 9.17) is 14.2 Å². The highest BCUT2D eigenvalue weighted by Crippen LogP contribution is 2.27. The summed E-state index contributed by atoms with van der Waals surface area (Å²) in [5.41, 5.74) is 0.0152. The van der Waals surface area contributed by atoms with E-state index < -0.39 is 5.60 Å². The molecule has 0 unspecified atom stereocenters. The average Bonchev–Trinajstić information content (AvgIpc) is 2.58. The van der Waals surface area contributed by atoms with Crippen LogP contribution in [-0.2, 0) is 11.3 Å². The van der Waals surface area contributed by atoms with Gasteiger partial charge in [-0.05, 0) is 17.7 Å². The number of amides is 2. The maximum Gasteiger partial charge on any atom is 0.315 e. The fraction of sp³-hybridized carbons (Fsp3) is 0.562. The lowest BCUT2D eigenvalue weighted by Crippen LogP contribution is -2.48. The first-order chi connectivity index (χ1) is 11.1. The summed E-state index contributed by atoms with van der Waals surface area (Å²) < 4.78 is 15.6. The summed E-state index contributed by atoms with van der Waals surface area (Å²) >= 11 is 0. The van der Waals surface area contributed by atoms with Crippen molar-refractivity contribution in [3.8, 4) is 11.5 Å². The van der Waals surface area contributed by atoms with Gasteiger partial charge in [-0.25, -0.2) is 4.79 Å². The molecule has 0 bridgehead atoms. The predicted molar refractivity (Wildman–Crippen MR) is 84.8 cm³/mol. The normalized spacial score (nSPS) is 16.5. The Morgan fingerprint density at radius 1 is 1.22 bits per heavy atom. The molecule has 128 valence electrons. The summed E-state index contributed by atoms with van der Waals surface area (Å²) in [5, 5.41) is 15.7. The van der Waals surface area contributed by atoms with Gasteiger partial charge in [0, 0.05) is 39.1 Å². The van der Waals surface area contributed by atoms with Crippen molar-refractivity contribution in [3.63, 3.8) is 0 Å². The van der Waals surface area contributed by atoms with Gasteiger partial charge in [0.05, 0.1) is 19.8 Å². The first-order valence-corrected chi connectivity index (χ1v) is 7.59. The summed E-state index contributed by atoms with van der Waals surface area (Å²) in [4.78, 5) is 11.9. The molecule has 0 saturated carbocycles. The number of aliphatic hydroxyl groups is 1.